The highest BCUT2D eigenvalue weighted by atomic mass is 19.1. The van der Waals surface area contributed by atoms with Crippen molar-refractivity contribution in [2.75, 3.05) is 6.61 Å². The van der Waals surface area contributed by atoms with Gasteiger partial charge in [-0.3, -0.25) is 0 Å². The van der Waals surface area contributed by atoms with Gasteiger partial charge in [-0.15, -0.1) is 10.2 Å². The standard InChI is InChI=1S/C19H15FN2O5/c1-11(17-21-22-18(27-17)12-6-8-13(20)9-7-12)25-19(23)16-10-24-14-4-2-3-5-15(14)26-16/h2-9,11,16H,10H2,1H3/t11-,16-/m1/s1. The van der Waals surface area contributed by atoms with Crippen LogP contribution >= 0.6 is 0 Å². The fourth-order valence-electron chi connectivity index (χ4n) is 2.54. The second-order valence-electron chi connectivity index (χ2n) is 5.90. The minimum atomic E-state index is -0.887. The molecule has 1 aliphatic rings. The Morgan fingerprint density at radius 2 is 1.89 bits per heavy atom. The molecule has 0 N–H and O–H groups in total. The molecule has 0 amide bonds. The van der Waals surface area contributed by atoms with Crippen LogP contribution in [0.25, 0.3) is 11.5 Å². The molecule has 0 bridgehead atoms. The fourth-order valence-corrected chi connectivity index (χ4v) is 2.54. The van der Waals surface area contributed by atoms with Gasteiger partial charge in [0.05, 0.1) is 0 Å². The average molecular weight is 370 g/mol. The zero-order valence-corrected chi connectivity index (χ0v) is 14.3. The summed E-state index contributed by atoms with van der Waals surface area (Å²) < 4.78 is 35.0. The van der Waals surface area contributed by atoms with Gasteiger partial charge >= 0.3 is 5.97 Å². The van der Waals surface area contributed by atoms with Crippen LogP contribution in [0, 0.1) is 5.82 Å². The van der Waals surface area contributed by atoms with Crippen LogP contribution in [0.15, 0.2) is 52.9 Å². The Labute approximate surface area is 153 Å². The smallest absolute Gasteiger partial charge is 0.351 e. The molecule has 2 aromatic carbocycles. The minimum absolute atomic E-state index is 0.0488. The van der Waals surface area contributed by atoms with Crippen LogP contribution in [-0.2, 0) is 9.53 Å². The van der Waals surface area contributed by atoms with Crippen molar-refractivity contribution in [3.63, 3.8) is 0 Å². The van der Waals surface area contributed by atoms with Crippen LogP contribution < -0.4 is 9.47 Å². The van der Waals surface area contributed by atoms with Crippen LogP contribution in [0.5, 0.6) is 11.5 Å². The molecule has 0 saturated heterocycles. The van der Waals surface area contributed by atoms with E-state index in [-0.39, 0.29) is 24.2 Å². The lowest BCUT2D eigenvalue weighted by Crippen LogP contribution is -2.38. The largest absolute Gasteiger partial charge is 0.485 e. The summed E-state index contributed by atoms with van der Waals surface area (Å²) in [6, 6.07) is 12.7. The predicted molar refractivity (Wildman–Crippen MR) is 90.6 cm³/mol. The Kier molecular flexibility index (Phi) is 4.45. The summed E-state index contributed by atoms with van der Waals surface area (Å²) in [5, 5.41) is 7.79. The van der Waals surface area contributed by atoms with Gasteiger partial charge in [-0.05, 0) is 43.3 Å². The highest BCUT2D eigenvalue weighted by Gasteiger charge is 2.31. The quantitative estimate of drug-likeness (QED) is 0.652. The molecule has 7 nitrogen and oxygen atoms in total. The molecule has 3 aromatic rings. The number of para-hydroxylation sites is 2. The van der Waals surface area contributed by atoms with Gasteiger partial charge in [0.15, 0.2) is 17.6 Å². The van der Waals surface area contributed by atoms with Gasteiger partial charge in [-0.25, -0.2) is 9.18 Å². The van der Waals surface area contributed by atoms with Crippen molar-refractivity contribution in [1.82, 2.24) is 10.2 Å². The first-order chi connectivity index (χ1) is 13.1. The van der Waals surface area contributed by atoms with Crippen molar-refractivity contribution in [1.29, 1.82) is 0 Å². The third kappa shape index (κ3) is 3.59. The van der Waals surface area contributed by atoms with E-state index in [1.54, 1.807) is 25.1 Å². The third-order valence-electron chi connectivity index (χ3n) is 3.94. The maximum atomic E-state index is 13.0. The van der Waals surface area contributed by atoms with Crippen LogP contribution in [-0.4, -0.2) is 28.9 Å². The van der Waals surface area contributed by atoms with Crippen LogP contribution in [0.4, 0.5) is 4.39 Å². The number of fused-ring (bicyclic) bond motifs is 1. The molecule has 0 aliphatic carbocycles. The first kappa shape index (κ1) is 17.0. The van der Waals surface area contributed by atoms with E-state index in [1.807, 2.05) is 6.07 Å². The average Bonchev–Trinajstić information content (AvgIpc) is 3.18. The number of aromatic nitrogens is 2. The van der Waals surface area contributed by atoms with E-state index in [2.05, 4.69) is 10.2 Å². The molecule has 0 unspecified atom stereocenters. The second-order valence-corrected chi connectivity index (χ2v) is 5.90. The third-order valence-corrected chi connectivity index (χ3v) is 3.94. The second kappa shape index (κ2) is 7.06. The van der Waals surface area contributed by atoms with E-state index >= 15 is 0 Å². The van der Waals surface area contributed by atoms with Crippen molar-refractivity contribution in [3.8, 4) is 23.0 Å². The van der Waals surface area contributed by atoms with Gasteiger partial charge in [-0.1, -0.05) is 12.1 Å². The lowest BCUT2D eigenvalue weighted by atomic mass is 10.2. The van der Waals surface area contributed by atoms with Gasteiger partial charge < -0.3 is 18.6 Å². The molecule has 27 heavy (non-hydrogen) atoms. The molecule has 2 heterocycles. The van der Waals surface area contributed by atoms with Gasteiger partial charge in [0.2, 0.25) is 12.0 Å². The van der Waals surface area contributed by atoms with Gasteiger partial charge in [0, 0.05) is 5.56 Å². The Morgan fingerprint density at radius 1 is 1.15 bits per heavy atom. The van der Waals surface area contributed by atoms with Crippen LogP contribution in [0.2, 0.25) is 0 Å². The molecule has 138 valence electrons. The van der Waals surface area contributed by atoms with E-state index < -0.39 is 18.2 Å². The predicted octanol–water partition coefficient (Wildman–Crippen LogP) is 3.32. The lowest BCUT2D eigenvalue weighted by molar-refractivity contribution is -0.160. The van der Waals surface area contributed by atoms with Crippen molar-refractivity contribution in [2.45, 2.75) is 19.1 Å². The van der Waals surface area contributed by atoms with Gasteiger partial charge in [0.25, 0.3) is 5.89 Å². The number of ether oxygens (including phenoxy) is 3. The van der Waals surface area contributed by atoms with Crippen LogP contribution in [0.3, 0.4) is 0 Å². The van der Waals surface area contributed by atoms with E-state index in [0.29, 0.717) is 17.1 Å². The number of esters is 1. The highest BCUT2D eigenvalue weighted by Crippen LogP contribution is 2.31. The first-order valence-electron chi connectivity index (χ1n) is 8.28. The summed E-state index contributed by atoms with van der Waals surface area (Å²) in [4.78, 5) is 12.3. The maximum absolute atomic E-state index is 13.0. The molecule has 1 aliphatic heterocycles. The SMILES string of the molecule is C[C@@H](OC(=O)[C@H]1COc2ccccc2O1)c1nnc(-c2ccc(F)cc2)o1. The number of rotatable bonds is 4. The Morgan fingerprint density at radius 3 is 2.67 bits per heavy atom. The molecule has 8 heteroatoms. The number of halogens is 1. The first-order valence-corrected chi connectivity index (χ1v) is 8.28. The summed E-state index contributed by atoms with van der Waals surface area (Å²) in [5.74, 6) is 0.430. The summed E-state index contributed by atoms with van der Waals surface area (Å²) in [6.45, 7) is 1.66. The summed E-state index contributed by atoms with van der Waals surface area (Å²) in [6.07, 6.45) is -1.66. The summed E-state index contributed by atoms with van der Waals surface area (Å²) in [5.41, 5.74) is 0.564. The molecule has 1 aromatic heterocycles. The van der Waals surface area contributed by atoms with E-state index in [1.165, 1.54) is 24.3 Å². The number of carbonyl (C=O) groups is 1. The molecule has 0 fully saturated rings. The zero-order chi connectivity index (χ0) is 18.8. The lowest BCUT2D eigenvalue weighted by Gasteiger charge is -2.25. The molecule has 2 atom stereocenters. The van der Waals surface area contributed by atoms with Crippen LogP contribution in [0.1, 0.15) is 18.9 Å². The fraction of sp³-hybridized carbons (Fsp3) is 0.211. The van der Waals surface area contributed by atoms with Gasteiger partial charge in [-0.2, -0.15) is 0 Å². The van der Waals surface area contributed by atoms with E-state index in [4.69, 9.17) is 18.6 Å². The summed E-state index contributed by atoms with van der Waals surface area (Å²) >= 11 is 0. The number of benzene rings is 2. The molecule has 4 rings (SSSR count). The van der Waals surface area contributed by atoms with Crippen molar-refractivity contribution < 1.29 is 27.8 Å². The minimum Gasteiger partial charge on any atom is -0.485 e. The molecular weight excluding hydrogens is 355 g/mol. The van der Waals surface area contributed by atoms with Crippen molar-refractivity contribution >= 4 is 5.97 Å². The Bertz CT molecular complexity index is 957. The zero-order valence-electron chi connectivity index (χ0n) is 14.3. The normalized spacial score (nSPS) is 16.6. The number of nitrogens with zero attached hydrogens (tertiary/aromatic N) is 2. The number of carbonyl (C=O) groups excluding carboxylic acids is 1. The highest BCUT2D eigenvalue weighted by molar-refractivity contribution is 5.76. The Hall–Kier alpha value is -3.42. The van der Waals surface area contributed by atoms with Crippen molar-refractivity contribution in [3.05, 3.63) is 60.2 Å². The van der Waals surface area contributed by atoms with E-state index in [9.17, 15) is 9.18 Å². The van der Waals surface area contributed by atoms with Crippen molar-refractivity contribution in [2.24, 2.45) is 0 Å². The molecular formula is C19H15FN2O5. The van der Waals surface area contributed by atoms with Gasteiger partial charge in [0.1, 0.15) is 12.4 Å². The maximum Gasteiger partial charge on any atom is 0.351 e. The summed E-state index contributed by atoms with van der Waals surface area (Å²) in [7, 11) is 0. The molecule has 0 spiro atoms. The Balaban J connectivity index is 1.41. The molecule has 0 radical (unpaired) electrons. The monoisotopic (exact) mass is 370 g/mol. The molecule has 0 saturated carbocycles. The van der Waals surface area contributed by atoms with E-state index in [0.717, 1.165) is 0 Å². The topological polar surface area (TPSA) is 83.7 Å². The number of hydrogen-bond donors (Lipinski definition) is 0. The number of hydrogen-bond acceptors (Lipinski definition) is 7.